The topological polar surface area (TPSA) is 48.7 Å². The average Bonchev–Trinajstić information content (AvgIpc) is 3.10. The predicted molar refractivity (Wildman–Crippen MR) is 105 cm³/mol. The van der Waals surface area contributed by atoms with Gasteiger partial charge in [-0.3, -0.25) is 0 Å². The van der Waals surface area contributed by atoms with Crippen molar-refractivity contribution in [2.75, 3.05) is 6.61 Å². The van der Waals surface area contributed by atoms with E-state index in [-0.39, 0.29) is 13.2 Å². The van der Waals surface area contributed by atoms with Crippen LogP contribution in [0.25, 0.3) is 11.3 Å². The van der Waals surface area contributed by atoms with E-state index in [4.69, 9.17) is 37.1 Å². The van der Waals surface area contributed by atoms with E-state index < -0.39 is 5.97 Å². The molecule has 4 nitrogen and oxygen atoms in total. The molecule has 3 rings (SSSR count). The first-order chi connectivity index (χ1) is 12.9. The van der Waals surface area contributed by atoms with Gasteiger partial charge in [-0.1, -0.05) is 47.0 Å². The van der Waals surface area contributed by atoms with Crippen molar-refractivity contribution >= 4 is 29.2 Å². The van der Waals surface area contributed by atoms with Gasteiger partial charge in [-0.25, -0.2) is 4.79 Å². The summed E-state index contributed by atoms with van der Waals surface area (Å²) in [6, 6.07) is 14.5. The minimum Gasteiger partial charge on any atom is -0.482 e. The molecule has 0 radical (unpaired) electrons. The van der Waals surface area contributed by atoms with Crippen LogP contribution >= 0.6 is 23.2 Å². The Morgan fingerprint density at radius 3 is 2.67 bits per heavy atom. The molecule has 2 aromatic carbocycles. The normalized spacial score (nSPS) is 10.7. The number of rotatable bonds is 6. The van der Waals surface area contributed by atoms with E-state index in [2.05, 4.69) is 0 Å². The van der Waals surface area contributed by atoms with Crippen LogP contribution in [0.5, 0.6) is 5.75 Å². The maximum Gasteiger partial charge on any atom is 0.344 e. The van der Waals surface area contributed by atoms with Crippen LogP contribution < -0.4 is 4.74 Å². The number of ether oxygens (including phenoxy) is 2. The van der Waals surface area contributed by atoms with Crippen molar-refractivity contribution in [1.82, 2.24) is 0 Å². The van der Waals surface area contributed by atoms with E-state index >= 15 is 0 Å². The molecule has 3 aromatic rings. The molecule has 0 aliphatic carbocycles. The molecule has 0 saturated carbocycles. The largest absolute Gasteiger partial charge is 0.482 e. The first-order valence-electron chi connectivity index (χ1n) is 8.33. The number of furan rings is 1. The zero-order valence-electron chi connectivity index (χ0n) is 14.9. The van der Waals surface area contributed by atoms with Gasteiger partial charge in [-0.15, -0.1) is 0 Å². The third-order valence-electron chi connectivity index (χ3n) is 3.93. The Labute approximate surface area is 167 Å². The first kappa shape index (κ1) is 19.3. The lowest BCUT2D eigenvalue weighted by molar-refractivity contribution is -0.147. The van der Waals surface area contributed by atoms with Gasteiger partial charge < -0.3 is 13.9 Å². The molecule has 0 bridgehead atoms. The van der Waals surface area contributed by atoms with Gasteiger partial charge in [0.1, 0.15) is 23.9 Å². The lowest BCUT2D eigenvalue weighted by Crippen LogP contribution is -2.15. The van der Waals surface area contributed by atoms with E-state index in [1.807, 2.05) is 32.0 Å². The van der Waals surface area contributed by atoms with E-state index in [0.29, 0.717) is 32.9 Å². The van der Waals surface area contributed by atoms with Crippen LogP contribution in [0, 0.1) is 13.8 Å². The molecule has 1 aromatic heterocycles. The quantitative estimate of drug-likeness (QED) is 0.473. The zero-order chi connectivity index (χ0) is 19.4. The second-order valence-electron chi connectivity index (χ2n) is 6.09. The maximum absolute atomic E-state index is 11.9. The Morgan fingerprint density at radius 1 is 1.07 bits per heavy atom. The average molecular weight is 405 g/mol. The molecule has 140 valence electrons. The molecule has 0 N–H and O–H groups in total. The molecule has 0 saturated heterocycles. The Balaban J connectivity index is 1.55. The fraction of sp³-hybridized carbons (Fsp3) is 0.190. The van der Waals surface area contributed by atoms with E-state index in [1.54, 1.807) is 30.3 Å². The number of aryl methyl sites for hydroxylation is 2. The molecule has 0 spiro atoms. The number of carbonyl (C=O) groups excluding carboxylic acids is 1. The minimum atomic E-state index is -0.478. The fourth-order valence-electron chi connectivity index (χ4n) is 2.59. The van der Waals surface area contributed by atoms with Crippen LogP contribution in [-0.4, -0.2) is 12.6 Å². The molecule has 0 atom stereocenters. The van der Waals surface area contributed by atoms with Crippen molar-refractivity contribution in [3.63, 3.8) is 0 Å². The lowest BCUT2D eigenvalue weighted by atomic mass is 10.1. The molecule has 1 heterocycles. The lowest BCUT2D eigenvalue weighted by Gasteiger charge is -2.09. The van der Waals surface area contributed by atoms with Gasteiger partial charge in [0.05, 0.1) is 10.0 Å². The van der Waals surface area contributed by atoms with Crippen LogP contribution in [0.15, 0.2) is 52.9 Å². The van der Waals surface area contributed by atoms with Crippen molar-refractivity contribution in [3.05, 3.63) is 75.5 Å². The molecule has 6 heteroatoms. The van der Waals surface area contributed by atoms with Gasteiger partial charge in [0.15, 0.2) is 6.61 Å². The highest BCUT2D eigenvalue weighted by molar-refractivity contribution is 6.43. The Kier molecular flexibility index (Phi) is 6.09. The van der Waals surface area contributed by atoms with Crippen LogP contribution in [0.3, 0.4) is 0 Å². The zero-order valence-corrected chi connectivity index (χ0v) is 16.4. The molecular weight excluding hydrogens is 387 g/mol. The fourth-order valence-corrected chi connectivity index (χ4v) is 2.98. The summed E-state index contributed by atoms with van der Waals surface area (Å²) < 4.78 is 16.4. The van der Waals surface area contributed by atoms with Crippen LogP contribution in [0.1, 0.15) is 16.9 Å². The van der Waals surface area contributed by atoms with Gasteiger partial charge in [0, 0.05) is 5.56 Å². The van der Waals surface area contributed by atoms with Gasteiger partial charge in [0.2, 0.25) is 0 Å². The summed E-state index contributed by atoms with van der Waals surface area (Å²) in [6.07, 6.45) is 0. The predicted octanol–water partition coefficient (Wildman–Crippen LogP) is 5.99. The van der Waals surface area contributed by atoms with Crippen LogP contribution in [-0.2, 0) is 16.1 Å². The highest BCUT2D eigenvalue weighted by Gasteiger charge is 2.12. The highest BCUT2D eigenvalue weighted by Crippen LogP contribution is 2.34. The summed E-state index contributed by atoms with van der Waals surface area (Å²) >= 11 is 12.2. The van der Waals surface area contributed by atoms with Crippen LogP contribution in [0.2, 0.25) is 10.0 Å². The van der Waals surface area contributed by atoms with Crippen molar-refractivity contribution in [2.24, 2.45) is 0 Å². The molecule has 0 fully saturated rings. The number of hydrogen-bond acceptors (Lipinski definition) is 4. The van der Waals surface area contributed by atoms with Crippen molar-refractivity contribution in [2.45, 2.75) is 20.5 Å². The summed E-state index contributed by atoms with van der Waals surface area (Å²) in [5.74, 6) is 1.24. The van der Waals surface area contributed by atoms with Gasteiger partial charge in [-0.05, 0) is 49.7 Å². The van der Waals surface area contributed by atoms with Crippen molar-refractivity contribution in [1.29, 1.82) is 0 Å². The SMILES string of the molecule is Cc1ccc(OCC(=O)OCc2ccc(-c3cccc(Cl)c3Cl)o2)c(C)c1. The summed E-state index contributed by atoms with van der Waals surface area (Å²) in [5, 5.41) is 0.862. The van der Waals surface area contributed by atoms with Crippen molar-refractivity contribution in [3.8, 4) is 17.1 Å². The van der Waals surface area contributed by atoms with E-state index in [0.717, 1.165) is 11.1 Å². The summed E-state index contributed by atoms with van der Waals surface area (Å²) in [6.45, 7) is 3.77. The standard InChI is InChI=1S/C21H18Cl2O4/c1-13-6-8-18(14(2)10-13)25-12-20(24)26-11-15-7-9-19(27-15)16-4-3-5-17(22)21(16)23/h3-10H,11-12H2,1-2H3. The number of esters is 1. The van der Waals surface area contributed by atoms with Crippen molar-refractivity contribution < 1.29 is 18.7 Å². The Hall–Kier alpha value is -2.43. The second kappa shape index (κ2) is 8.51. The molecule has 27 heavy (non-hydrogen) atoms. The number of halogens is 2. The van der Waals surface area contributed by atoms with E-state index in [1.165, 1.54) is 0 Å². The smallest absolute Gasteiger partial charge is 0.344 e. The van der Waals surface area contributed by atoms with Gasteiger partial charge in [0.25, 0.3) is 0 Å². The second-order valence-corrected chi connectivity index (χ2v) is 6.87. The van der Waals surface area contributed by atoms with Crippen LogP contribution in [0.4, 0.5) is 0 Å². The Morgan fingerprint density at radius 2 is 1.89 bits per heavy atom. The third kappa shape index (κ3) is 4.85. The summed E-state index contributed by atoms with van der Waals surface area (Å²) in [4.78, 5) is 11.9. The van der Waals surface area contributed by atoms with E-state index in [9.17, 15) is 4.79 Å². The number of carbonyl (C=O) groups is 1. The summed E-state index contributed by atoms with van der Waals surface area (Å²) in [7, 11) is 0. The van der Waals surface area contributed by atoms with Gasteiger partial charge in [-0.2, -0.15) is 0 Å². The summed E-state index contributed by atoms with van der Waals surface area (Å²) in [5.41, 5.74) is 2.78. The third-order valence-corrected chi connectivity index (χ3v) is 4.75. The Bertz CT molecular complexity index is 963. The molecule has 0 amide bonds. The molecule has 0 unspecified atom stereocenters. The number of benzene rings is 2. The molecule has 0 aliphatic heterocycles. The maximum atomic E-state index is 11.9. The highest BCUT2D eigenvalue weighted by atomic mass is 35.5. The first-order valence-corrected chi connectivity index (χ1v) is 9.08. The minimum absolute atomic E-state index is 0.00720. The number of hydrogen-bond donors (Lipinski definition) is 0. The van der Waals surface area contributed by atoms with Gasteiger partial charge >= 0.3 is 5.97 Å². The molecular formula is C21H18Cl2O4. The molecule has 0 aliphatic rings. The monoisotopic (exact) mass is 404 g/mol.